The fourth-order valence-electron chi connectivity index (χ4n) is 3.20. The number of amides is 1. The van der Waals surface area contributed by atoms with E-state index in [2.05, 4.69) is 15.5 Å². The number of fused-ring (bicyclic) bond motifs is 1. The molecule has 0 aliphatic heterocycles. The SMILES string of the molecule is CC[C@@H](NC(=O)c1cc(COc2cccc3cnccc23)on1)c1ccc(F)cc1. The molecule has 7 heteroatoms. The summed E-state index contributed by atoms with van der Waals surface area (Å²) < 4.78 is 24.3. The molecule has 1 N–H and O–H groups in total. The third kappa shape index (κ3) is 4.30. The highest BCUT2D eigenvalue weighted by atomic mass is 19.1. The molecule has 2 heterocycles. The van der Waals surface area contributed by atoms with Crippen LogP contribution in [0.3, 0.4) is 0 Å². The lowest BCUT2D eigenvalue weighted by Gasteiger charge is -2.16. The lowest BCUT2D eigenvalue weighted by atomic mass is 10.0. The Kier molecular flexibility index (Phi) is 5.70. The lowest BCUT2D eigenvalue weighted by Crippen LogP contribution is -2.28. The van der Waals surface area contributed by atoms with Crippen molar-refractivity contribution in [2.45, 2.75) is 26.0 Å². The zero-order valence-electron chi connectivity index (χ0n) is 16.3. The number of nitrogens with one attached hydrogen (secondary N) is 1. The number of carbonyl (C=O) groups is 1. The minimum atomic E-state index is -0.364. The molecule has 0 aliphatic rings. The third-order valence-electron chi connectivity index (χ3n) is 4.79. The van der Waals surface area contributed by atoms with Crippen molar-refractivity contribution in [1.82, 2.24) is 15.5 Å². The van der Waals surface area contributed by atoms with Gasteiger partial charge in [-0.1, -0.05) is 36.3 Å². The van der Waals surface area contributed by atoms with Gasteiger partial charge in [-0.25, -0.2) is 4.39 Å². The highest BCUT2D eigenvalue weighted by molar-refractivity contribution is 5.92. The molecule has 0 saturated heterocycles. The van der Waals surface area contributed by atoms with Gasteiger partial charge in [0.1, 0.15) is 18.2 Å². The predicted octanol–water partition coefficient (Wildman–Crippen LogP) is 4.82. The molecule has 0 fully saturated rings. The molecule has 6 nitrogen and oxygen atoms in total. The highest BCUT2D eigenvalue weighted by Crippen LogP contribution is 2.25. The van der Waals surface area contributed by atoms with Crippen molar-refractivity contribution < 1.29 is 18.4 Å². The molecule has 2 aromatic carbocycles. The number of aromatic nitrogens is 2. The van der Waals surface area contributed by atoms with E-state index in [4.69, 9.17) is 9.26 Å². The molecular weight excluding hydrogens is 385 g/mol. The van der Waals surface area contributed by atoms with Crippen LogP contribution in [0.1, 0.15) is 41.2 Å². The number of benzene rings is 2. The van der Waals surface area contributed by atoms with Gasteiger partial charge in [0.2, 0.25) is 0 Å². The summed E-state index contributed by atoms with van der Waals surface area (Å²) in [5, 5.41) is 8.66. The van der Waals surface area contributed by atoms with Crippen molar-refractivity contribution in [3.8, 4) is 5.75 Å². The molecule has 0 unspecified atom stereocenters. The Hall–Kier alpha value is -3.74. The summed E-state index contributed by atoms with van der Waals surface area (Å²) >= 11 is 0. The Balaban J connectivity index is 1.41. The van der Waals surface area contributed by atoms with E-state index < -0.39 is 0 Å². The largest absolute Gasteiger partial charge is 0.485 e. The molecule has 4 rings (SSSR count). The first-order valence-corrected chi connectivity index (χ1v) is 9.61. The zero-order valence-corrected chi connectivity index (χ0v) is 16.3. The minimum absolute atomic E-state index is 0.136. The Morgan fingerprint density at radius 2 is 2.03 bits per heavy atom. The molecule has 30 heavy (non-hydrogen) atoms. The first-order chi connectivity index (χ1) is 14.6. The number of rotatable bonds is 7. The number of pyridine rings is 1. The summed E-state index contributed by atoms with van der Waals surface area (Å²) in [5.74, 6) is 0.446. The molecule has 2 aromatic heterocycles. The molecule has 0 aliphatic carbocycles. The second-order valence-electron chi connectivity index (χ2n) is 6.81. The van der Waals surface area contributed by atoms with Gasteiger partial charge in [0, 0.05) is 29.2 Å². The molecule has 1 atom stereocenters. The Bertz CT molecular complexity index is 1150. The minimum Gasteiger partial charge on any atom is -0.485 e. The van der Waals surface area contributed by atoms with Crippen molar-refractivity contribution in [1.29, 1.82) is 0 Å². The van der Waals surface area contributed by atoms with Gasteiger partial charge in [0.15, 0.2) is 11.5 Å². The van der Waals surface area contributed by atoms with Crippen molar-refractivity contribution in [2.24, 2.45) is 0 Å². The van der Waals surface area contributed by atoms with Gasteiger partial charge in [-0.2, -0.15) is 0 Å². The van der Waals surface area contributed by atoms with Crippen LogP contribution in [-0.4, -0.2) is 16.0 Å². The lowest BCUT2D eigenvalue weighted by molar-refractivity contribution is 0.0926. The summed E-state index contributed by atoms with van der Waals surface area (Å²) in [6.07, 6.45) is 4.13. The number of hydrogen-bond acceptors (Lipinski definition) is 5. The fourth-order valence-corrected chi connectivity index (χ4v) is 3.20. The van der Waals surface area contributed by atoms with E-state index in [9.17, 15) is 9.18 Å². The maximum absolute atomic E-state index is 13.1. The number of ether oxygens (including phenoxy) is 1. The van der Waals surface area contributed by atoms with Gasteiger partial charge in [-0.3, -0.25) is 9.78 Å². The zero-order chi connectivity index (χ0) is 20.9. The normalized spacial score (nSPS) is 11.9. The van der Waals surface area contributed by atoms with Crippen molar-refractivity contribution in [2.75, 3.05) is 0 Å². The number of carbonyl (C=O) groups excluding carboxylic acids is 1. The van der Waals surface area contributed by atoms with Crippen LogP contribution in [0.15, 0.2) is 71.5 Å². The number of nitrogens with zero attached hydrogens (tertiary/aromatic N) is 2. The van der Waals surface area contributed by atoms with Crippen molar-refractivity contribution in [3.63, 3.8) is 0 Å². The van der Waals surface area contributed by atoms with Gasteiger partial charge < -0.3 is 14.6 Å². The summed E-state index contributed by atoms with van der Waals surface area (Å²) in [6, 6.07) is 15.0. The third-order valence-corrected chi connectivity index (χ3v) is 4.79. The highest BCUT2D eigenvalue weighted by Gasteiger charge is 2.18. The fraction of sp³-hybridized carbons (Fsp3) is 0.174. The molecule has 152 valence electrons. The quantitative estimate of drug-likeness (QED) is 0.477. The van der Waals surface area contributed by atoms with Crippen LogP contribution in [0, 0.1) is 5.82 Å². The average Bonchev–Trinajstić information content (AvgIpc) is 3.26. The van der Waals surface area contributed by atoms with Gasteiger partial charge in [-0.05, 0) is 36.2 Å². The maximum atomic E-state index is 13.1. The van der Waals surface area contributed by atoms with Crippen molar-refractivity contribution >= 4 is 16.7 Å². The van der Waals surface area contributed by atoms with Crippen LogP contribution in [0.25, 0.3) is 10.8 Å². The molecule has 0 saturated carbocycles. The first-order valence-electron chi connectivity index (χ1n) is 9.61. The molecular formula is C23H20FN3O3. The van der Waals surface area contributed by atoms with Crippen LogP contribution in [-0.2, 0) is 6.61 Å². The Morgan fingerprint density at radius 3 is 2.83 bits per heavy atom. The molecule has 4 aromatic rings. The topological polar surface area (TPSA) is 77.2 Å². The summed E-state index contributed by atoms with van der Waals surface area (Å²) in [5.41, 5.74) is 0.987. The molecule has 0 spiro atoms. The van der Waals surface area contributed by atoms with E-state index >= 15 is 0 Å². The van der Waals surface area contributed by atoms with E-state index in [1.165, 1.54) is 12.1 Å². The number of halogens is 1. The summed E-state index contributed by atoms with van der Waals surface area (Å²) in [6.45, 7) is 2.08. The summed E-state index contributed by atoms with van der Waals surface area (Å²) in [7, 11) is 0. The van der Waals surface area contributed by atoms with E-state index in [0.29, 0.717) is 17.9 Å². The van der Waals surface area contributed by atoms with E-state index in [1.807, 2.05) is 31.2 Å². The van der Waals surface area contributed by atoms with Crippen LogP contribution in [0.5, 0.6) is 5.75 Å². The predicted molar refractivity (Wildman–Crippen MR) is 109 cm³/mol. The maximum Gasteiger partial charge on any atom is 0.273 e. The molecule has 0 bridgehead atoms. The number of hydrogen-bond donors (Lipinski definition) is 1. The van der Waals surface area contributed by atoms with Crippen LogP contribution >= 0.6 is 0 Å². The van der Waals surface area contributed by atoms with Crippen LogP contribution in [0.2, 0.25) is 0 Å². The van der Waals surface area contributed by atoms with Gasteiger partial charge in [0.05, 0.1) is 6.04 Å². The molecule has 0 radical (unpaired) electrons. The van der Waals surface area contributed by atoms with E-state index in [0.717, 1.165) is 16.3 Å². The molecule has 1 amide bonds. The van der Waals surface area contributed by atoms with Crippen LogP contribution < -0.4 is 10.1 Å². The summed E-state index contributed by atoms with van der Waals surface area (Å²) in [4.78, 5) is 16.7. The van der Waals surface area contributed by atoms with Crippen LogP contribution in [0.4, 0.5) is 4.39 Å². The van der Waals surface area contributed by atoms with E-state index in [-0.39, 0.29) is 30.1 Å². The van der Waals surface area contributed by atoms with Gasteiger partial charge in [0.25, 0.3) is 5.91 Å². The second-order valence-corrected chi connectivity index (χ2v) is 6.81. The average molecular weight is 405 g/mol. The van der Waals surface area contributed by atoms with Gasteiger partial charge >= 0.3 is 0 Å². The smallest absolute Gasteiger partial charge is 0.273 e. The monoisotopic (exact) mass is 405 g/mol. The van der Waals surface area contributed by atoms with Crippen molar-refractivity contribution in [3.05, 3.63) is 89.8 Å². The van der Waals surface area contributed by atoms with Gasteiger partial charge in [-0.15, -0.1) is 0 Å². The Morgan fingerprint density at radius 1 is 1.20 bits per heavy atom. The second kappa shape index (κ2) is 8.73. The van der Waals surface area contributed by atoms with E-state index in [1.54, 1.807) is 30.6 Å². The Labute approximate surface area is 172 Å². The first kappa shape index (κ1) is 19.6. The standard InChI is InChI=1S/C23H20FN3O3/c1-2-20(15-6-8-17(24)9-7-15)26-23(28)21-12-18(30-27-21)14-29-22-5-3-4-16-13-25-11-10-19(16)22/h3-13,20H,2,14H2,1H3,(H,26,28)/t20-/m1/s1.